The van der Waals surface area contributed by atoms with Crippen LogP contribution in [-0.4, -0.2) is 42.1 Å². The van der Waals surface area contributed by atoms with Crippen LogP contribution < -0.4 is 10.6 Å². The highest BCUT2D eigenvalue weighted by atomic mass is 32.2. The van der Waals surface area contributed by atoms with Crippen LogP contribution in [0.2, 0.25) is 0 Å². The van der Waals surface area contributed by atoms with Crippen molar-refractivity contribution in [1.82, 2.24) is 10.6 Å². The Bertz CT molecular complexity index is 2770. The second-order valence-corrected chi connectivity index (χ2v) is 20.0. The third-order valence-corrected chi connectivity index (χ3v) is 16.5. The Labute approximate surface area is 433 Å². The summed E-state index contributed by atoms with van der Waals surface area (Å²) in [6.45, 7) is 1.96. The molecular formula is C65H58N2O3S2. The van der Waals surface area contributed by atoms with E-state index < -0.39 is 33.1 Å². The fourth-order valence-corrected chi connectivity index (χ4v) is 13.0. The summed E-state index contributed by atoms with van der Waals surface area (Å²) in [5.41, 5.74) is 8.23. The molecule has 0 spiro atoms. The lowest BCUT2D eigenvalue weighted by Crippen LogP contribution is -2.59. The van der Waals surface area contributed by atoms with Crippen molar-refractivity contribution in [2.45, 2.75) is 34.0 Å². The molecular weight excluding hydrogens is 921 g/mol. The van der Waals surface area contributed by atoms with Crippen molar-refractivity contribution in [2.24, 2.45) is 0 Å². The van der Waals surface area contributed by atoms with Gasteiger partial charge in [-0.25, -0.2) is 4.79 Å². The zero-order valence-electron chi connectivity index (χ0n) is 40.3. The first-order chi connectivity index (χ1) is 35.5. The van der Waals surface area contributed by atoms with Crippen LogP contribution in [0.15, 0.2) is 273 Å². The van der Waals surface area contributed by atoms with E-state index in [0.29, 0.717) is 0 Å². The van der Waals surface area contributed by atoms with Crippen LogP contribution in [-0.2, 0) is 29.4 Å². The molecule has 9 aromatic carbocycles. The molecule has 0 aromatic heterocycles. The zero-order valence-corrected chi connectivity index (χ0v) is 41.9. The van der Waals surface area contributed by atoms with E-state index in [1.54, 1.807) is 30.4 Å². The molecule has 0 fully saturated rings. The Morgan fingerprint density at radius 2 is 0.611 bits per heavy atom. The van der Waals surface area contributed by atoms with Crippen LogP contribution in [0.1, 0.15) is 57.0 Å². The molecule has 0 bridgehead atoms. The average molecular weight is 979 g/mol. The number of carbonyl (C=O) groups excluding carboxylic acids is 2. The number of rotatable bonds is 21. The number of thioether (sulfide) groups is 2. The van der Waals surface area contributed by atoms with E-state index in [9.17, 15) is 4.79 Å². The molecule has 2 N–H and O–H groups in total. The van der Waals surface area contributed by atoms with E-state index in [0.717, 1.165) is 50.1 Å². The third-order valence-electron chi connectivity index (χ3n) is 13.2. The molecule has 0 unspecified atom stereocenters. The van der Waals surface area contributed by atoms with Crippen molar-refractivity contribution in [3.05, 3.63) is 323 Å². The van der Waals surface area contributed by atoms with E-state index in [-0.39, 0.29) is 24.0 Å². The molecule has 1 amide bonds. The Morgan fingerprint density at radius 1 is 0.375 bits per heavy atom. The Kier molecular flexibility index (Phi) is 16.3. The zero-order chi connectivity index (χ0) is 49.5. The number of nitrogens with one attached hydrogen (secondary N) is 2. The molecule has 0 aliphatic carbocycles. The highest BCUT2D eigenvalue weighted by molar-refractivity contribution is 8.01. The van der Waals surface area contributed by atoms with Crippen LogP contribution in [0.5, 0.6) is 0 Å². The van der Waals surface area contributed by atoms with Gasteiger partial charge in [0, 0.05) is 11.5 Å². The van der Waals surface area contributed by atoms with Crippen LogP contribution in [0.3, 0.4) is 0 Å². The van der Waals surface area contributed by atoms with Gasteiger partial charge in [-0.15, -0.1) is 23.5 Å². The maximum absolute atomic E-state index is 16.1. The topological polar surface area (TPSA) is 67.4 Å². The van der Waals surface area contributed by atoms with E-state index in [2.05, 4.69) is 156 Å². The van der Waals surface area contributed by atoms with E-state index in [1.807, 2.05) is 127 Å². The number of amides is 1. The lowest BCUT2D eigenvalue weighted by Gasteiger charge is -2.41. The van der Waals surface area contributed by atoms with Crippen LogP contribution in [0.4, 0.5) is 0 Å². The van der Waals surface area contributed by atoms with Crippen molar-refractivity contribution < 1.29 is 14.3 Å². The quantitative estimate of drug-likeness (QED) is 0.0552. The van der Waals surface area contributed by atoms with Crippen molar-refractivity contribution in [3.8, 4) is 0 Å². The van der Waals surface area contributed by atoms with Crippen LogP contribution in [0, 0.1) is 0 Å². The van der Waals surface area contributed by atoms with Gasteiger partial charge in [-0.1, -0.05) is 273 Å². The van der Waals surface area contributed by atoms with Gasteiger partial charge in [-0.05, 0) is 57.0 Å². The first kappa shape index (κ1) is 49.6. The van der Waals surface area contributed by atoms with E-state index >= 15 is 4.79 Å². The molecule has 72 heavy (non-hydrogen) atoms. The van der Waals surface area contributed by atoms with Crippen molar-refractivity contribution in [1.29, 1.82) is 0 Å². The average Bonchev–Trinajstić information content (AvgIpc) is 3.46. The molecule has 5 nitrogen and oxygen atoms in total. The number of hydrogen-bond donors (Lipinski definition) is 2. The summed E-state index contributed by atoms with van der Waals surface area (Å²) in [5, 5.41) is 7.43. The minimum Gasteiger partial charge on any atom is -0.464 e. The molecule has 7 heteroatoms. The molecule has 358 valence electrons. The van der Waals surface area contributed by atoms with Gasteiger partial charge in [0.25, 0.3) is 0 Å². The van der Waals surface area contributed by atoms with Gasteiger partial charge in [-0.2, -0.15) is 0 Å². The minimum absolute atomic E-state index is 0.154. The van der Waals surface area contributed by atoms with Crippen LogP contribution in [0.25, 0.3) is 0 Å². The fourth-order valence-electron chi connectivity index (χ4n) is 9.90. The lowest BCUT2D eigenvalue weighted by molar-refractivity contribution is -0.146. The molecule has 2 atom stereocenters. The normalized spacial score (nSPS) is 12.6. The van der Waals surface area contributed by atoms with Gasteiger partial charge >= 0.3 is 5.97 Å². The van der Waals surface area contributed by atoms with Crippen LogP contribution >= 0.6 is 23.5 Å². The maximum Gasteiger partial charge on any atom is 0.329 e. The number of hydrogen-bond acceptors (Lipinski definition) is 6. The highest BCUT2D eigenvalue weighted by Gasteiger charge is 2.44. The van der Waals surface area contributed by atoms with Gasteiger partial charge in [0.05, 0.1) is 27.7 Å². The molecule has 0 saturated carbocycles. The molecule has 0 heterocycles. The summed E-state index contributed by atoms with van der Waals surface area (Å²) in [5.74, 6) is -0.350. The molecule has 0 saturated heterocycles. The van der Waals surface area contributed by atoms with Gasteiger partial charge in [0.1, 0.15) is 6.04 Å². The monoisotopic (exact) mass is 978 g/mol. The Balaban J connectivity index is 1.19. The molecule has 9 aromatic rings. The Morgan fingerprint density at radius 3 is 0.861 bits per heavy atom. The van der Waals surface area contributed by atoms with Gasteiger partial charge in [0.15, 0.2) is 0 Å². The first-order valence-electron chi connectivity index (χ1n) is 24.5. The van der Waals surface area contributed by atoms with Crippen molar-refractivity contribution in [2.75, 3.05) is 18.1 Å². The first-order valence-corrected chi connectivity index (χ1v) is 26.5. The lowest BCUT2D eigenvalue weighted by atomic mass is 9.76. The number of esters is 1. The molecule has 9 rings (SSSR count). The van der Waals surface area contributed by atoms with E-state index in [1.165, 1.54) is 0 Å². The summed E-state index contributed by atoms with van der Waals surface area (Å²) < 4.78 is 4.36. The molecule has 0 aliphatic heterocycles. The standard InChI is InChI=1S/C65H58N2O3S2/c1-2-70-62(69)60(49-72-65(56-42-24-9-25-43-56,57-44-26-10-27-45-57)58-46-28-11-29-47-58)66-61(68)59(67-63(50-30-12-3-13-31-50,51-32-14-4-15-33-51)52-34-16-5-17-35-52)48-71-64(53-36-18-6-19-37-53,54-38-20-7-21-39-54)55-40-22-8-23-41-55/h3-47,59-60,67H,2,48-49H2,1H3,(H,66,68)/t59-,60-/m1/s1. The largest absolute Gasteiger partial charge is 0.464 e. The minimum atomic E-state index is -1.03. The molecule has 0 radical (unpaired) electrons. The highest BCUT2D eigenvalue weighted by Crippen LogP contribution is 2.50. The second-order valence-electron chi connectivity index (χ2n) is 17.5. The van der Waals surface area contributed by atoms with E-state index in [4.69, 9.17) is 4.74 Å². The number of benzene rings is 9. The third kappa shape index (κ3) is 10.5. The fraction of sp³-hybridized carbons (Fsp3) is 0.138. The summed E-state index contributed by atoms with van der Waals surface area (Å²) in [6, 6.07) is 91.8. The number of ether oxygens (including phenoxy) is 1. The smallest absolute Gasteiger partial charge is 0.329 e. The number of carbonyl (C=O) groups is 2. The summed E-state index contributed by atoms with van der Waals surface area (Å²) >= 11 is 3.32. The summed E-state index contributed by atoms with van der Waals surface area (Å²) in [6.07, 6.45) is 0. The maximum atomic E-state index is 16.1. The molecule has 0 aliphatic rings. The Hall–Kier alpha value is -7.42. The van der Waals surface area contributed by atoms with Gasteiger partial charge < -0.3 is 10.1 Å². The predicted octanol–water partition coefficient (Wildman–Crippen LogP) is 13.4. The predicted molar refractivity (Wildman–Crippen MR) is 298 cm³/mol. The van der Waals surface area contributed by atoms with Gasteiger partial charge in [-0.3, -0.25) is 10.1 Å². The summed E-state index contributed by atoms with van der Waals surface area (Å²) in [4.78, 5) is 30.7. The van der Waals surface area contributed by atoms with Gasteiger partial charge in [0.2, 0.25) is 5.91 Å². The SMILES string of the molecule is CCOC(=O)[C@@H](CSC(c1ccccc1)(c1ccccc1)c1ccccc1)NC(=O)[C@@H](CSC(c1ccccc1)(c1ccccc1)c1ccccc1)NC(c1ccccc1)(c1ccccc1)c1ccccc1. The van der Waals surface area contributed by atoms with Crippen molar-refractivity contribution in [3.63, 3.8) is 0 Å². The second kappa shape index (κ2) is 23.7. The summed E-state index contributed by atoms with van der Waals surface area (Å²) in [7, 11) is 0. The van der Waals surface area contributed by atoms with Crippen molar-refractivity contribution >= 4 is 35.4 Å².